The van der Waals surface area contributed by atoms with Gasteiger partial charge in [-0.05, 0) is 26.3 Å². The van der Waals surface area contributed by atoms with Crippen LogP contribution in [0.3, 0.4) is 0 Å². The highest BCUT2D eigenvalue weighted by Gasteiger charge is 2.37. The Labute approximate surface area is 75.4 Å². The molecule has 1 N–H and O–H groups in total. The molecule has 0 radical (unpaired) electrons. The molecular weight excluding hydrogens is 183 g/mol. The van der Waals surface area contributed by atoms with Crippen molar-refractivity contribution in [1.29, 1.82) is 0 Å². The fourth-order valence-electron chi connectivity index (χ4n) is 1.25. The first kappa shape index (κ1) is 10.8. The number of rotatable bonds is 3. The van der Waals surface area contributed by atoms with Gasteiger partial charge in [-0.1, -0.05) is 0 Å². The van der Waals surface area contributed by atoms with E-state index in [-0.39, 0.29) is 12.6 Å². The summed E-state index contributed by atoms with van der Waals surface area (Å²) in [5, 5.41) is 3.07. The standard InChI is InChI=1S/C8H14F3NO/c1-6(8(9,10)11)13-5-7-3-2-4-12-7/h6-7,12H,2-5H2,1H3. The van der Waals surface area contributed by atoms with E-state index in [9.17, 15) is 13.2 Å². The molecule has 78 valence electrons. The van der Waals surface area contributed by atoms with Gasteiger partial charge in [-0.15, -0.1) is 0 Å². The summed E-state index contributed by atoms with van der Waals surface area (Å²) >= 11 is 0. The minimum absolute atomic E-state index is 0.102. The maximum Gasteiger partial charge on any atom is 0.414 e. The molecule has 1 saturated heterocycles. The lowest BCUT2D eigenvalue weighted by atomic mass is 10.2. The van der Waals surface area contributed by atoms with Crippen molar-refractivity contribution in [2.45, 2.75) is 38.1 Å². The summed E-state index contributed by atoms with van der Waals surface area (Å²) in [7, 11) is 0. The van der Waals surface area contributed by atoms with E-state index in [1.54, 1.807) is 0 Å². The zero-order valence-corrected chi connectivity index (χ0v) is 7.53. The van der Waals surface area contributed by atoms with Crippen molar-refractivity contribution < 1.29 is 17.9 Å². The van der Waals surface area contributed by atoms with Crippen LogP contribution in [0, 0.1) is 0 Å². The Morgan fingerprint density at radius 1 is 1.54 bits per heavy atom. The lowest BCUT2D eigenvalue weighted by molar-refractivity contribution is -0.215. The summed E-state index contributed by atoms with van der Waals surface area (Å²) in [6.07, 6.45) is -3.97. The number of hydrogen-bond acceptors (Lipinski definition) is 2. The van der Waals surface area contributed by atoms with Crippen molar-refractivity contribution in [1.82, 2.24) is 5.32 Å². The lowest BCUT2D eigenvalue weighted by Gasteiger charge is -2.18. The molecule has 2 unspecified atom stereocenters. The van der Waals surface area contributed by atoms with Crippen molar-refractivity contribution in [3.8, 4) is 0 Å². The van der Waals surface area contributed by atoms with Gasteiger partial charge in [0.05, 0.1) is 6.61 Å². The van der Waals surface area contributed by atoms with E-state index in [1.807, 2.05) is 0 Å². The summed E-state index contributed by atoms with van der Waals surface area (Å²) in [4.78, 5) is 0. The first-order chi connectivity index (χ1) is 6.00. The van der Waals surface area contributed by atoms with Crippen LogP contribution >= 0.6 is 0 Å². The van der Waals surface area contributed by atoms with E-state index < -0.39 is 12.3 Å². The first-order valence-electron chi connectivity index (χ1n) is 4.42. The van der Waals surface area contributed by atoms with Gasteiger partial charge in [0.25, 0.3) is 0 Å². The van der Waals surface area contributed by atoms with Crippen molar-refractivity contribution >= 4 is 0 Å². The van der Waals surface area contributed by atoms with Crippen molar-refractivity contribution in [3.05, 3.63) is 0 Å². The molecule has 0 aromatic rings. The number of hydrogen-bond donors (Lipinski definition) is 1. The molecule has 0 bridgehead atoms. The van der Waals surface area contributed by atoms with Gasteiger partial charge in [0.1, 0.15) is 0 Å². The molecule has 0 saturated carbocycles. The van der Waals surface area contributed by atoms with Crippen molar-refractivity contribution in [2.24, 2.45) is 0 Å². The zero-order valence-electron chi connectivity index (χ0n) is 7.53. The molecule has 0 aliphatic carbocycles. The number of nitrogens with one attached hydrogen (secondary N) is 1. The van der Waals surface area contributed by atoms with E-state index in [2.05, 4.69) is 5.32 Å². The molecule has 13 heavy (non-hydrogen) atoms. The predicted octanol–water partition coefficient (Wildman–Crippen LogP) is 1.71. The molecule has 2 atom stereocenters. The van der Waals surface area contributed by atoms with Crippen molar-refractivity contribution in [2.75, 3.05) is 13.2 Å². The molecule has 1 fully saturated rings. The second-order valence-corrected chi connectivity index (χ2v) is 3.31. The molecule has 2 nitrogen and oxygen atoms in total. The molecular formula is C8H14F3NO. The third-order valence-electron chi connectivity index (χ3n) is 2.17. The van der Waals surface area contributed by atoms with Gasteiger partial charge in [0.2, 0.25) is 0 Å². The Balaban J connectivity index is 2.17. The molecule has 0 aromatic heterocycles. The summed E-state index contributed by atoms with van der Waals surface area (Å²) in [5.74, 6) is 0. The van der Waals surface area contributed by atoms with Crippen LogP contribution in [0.25, 0.3) is 0 Å². The Morgan fingerprint density at radius 3 is 2.69 bits per heavy atom. The highest BCUT2D eigenvalue weighted by atomic mass is 19.4. The predicted molar refractivity (Wildman–Crippen MR) is 42.5 cm³/mol. The van der Waals surface area contributed by atoms with Gasteiger partial charge >= 0.3 is 6.18 Å². The van der Waals surface area contributed by atoms with Crippen LogP contribution in [0.1, 0.15) is 19.8 Å². The number of halogens is 3. The highest BCUT2D eigenvalue weighted by Crippen LogP contribution is 2.22. The second kappa shape index (κ2) is 4.28. The normalized spacial score (nSPS) is 26.3. The Bertz CT molecular complexity index is 154. The smallest absolute Gasteiger partial charge is 0.367 e. The van der Waals surface area contributed by atoms with E-state index in [0.29, 0.717) is 0 Å². The molecule has 1 aliphatic heterocycles. The van der Waals surface area contributed by atoms with Gasteiger partial charge < -0.3 is 10.1 Å². The molecule has 1 aliphatic rings. The highest BCUT2D eigenvalue weighted by molar-refractivity contribution is 4.74. The topological polar surface area (TPSA) is 21.3 Å². The third-order valence-corrected chi connectivity index (χ3v) is 2.17. The summed E-state index contributed by atoms with van der Waals surface area (Å²) in [6.45, 7) is 2.07. The Morgan fingerprint density at radius 2 is 2.23 bits per heavy atom. The van der Waals surface area contributed by atoms with E-state index >= 15 is 0 Å². The molecule has 1 rings (SSSR count). The van der Waals surface area contributed by atoms with Gasteiger partial charge in [-0.2, -0.15) is 13.2 Å². The van der Waals surface area contributed by atoms with Crippen LogP contribution < -0.4 is 5.32 Å². The zero-order chi connectivity index (χ0) is 9.90. The Kier molecular flexibility index (Phi) is 3.55. The number of alkyl halides is 3. The molecule has 0 aromatic carbocycles. The SMILES string of the molecule is CC(OCC1CCCN1)C(F)(F)F. The monoisotopic (exact) mass is 197 g/mol. The Hall–Kier alpha value is -0.290. The third kappa shape index (κ3) is 3.52. The van der Waals surface area contributed by atoms with Crippen LogP contribution in [0.2, 0.25) is 0 Å². The molecule has 1 heterocycles. The minimum Gasteiger partial charge on any atom is -0.367 e. The summed E-state index contributed by atoms with van der Waals surface area (Å²) in [5.41, 5.74) is 0. The van der Waals surface area contributed by atoms with E-state index in [4.69, 9.17) is 4.74 Å². The maximum absolute atomic E-state index is 12.0. The van der Waals surface area contributed by atoms with E-state index in [0.717, 1.165) is 26.3 Å². The van der Waals surface area contributed by atoms with Crippen LogP contribution in [0.5, 0.6) is 0 Å². The molecule has 0 amide bonds. The largest absolute Gasteiger partial charge is 0.414 e. The molecule has 5 heteroatoms. The molecule has 0 spiro atoms. The van der Waals surface area contributed by atoms with Gasteiger partial charge in [0, 0.05) is 6.04 Å². The van der Waals surface area contributed by atoms with Crippen LogP contribution in [0.15, 0.2) is 0 Å². The minimum atomic E-state index is -4.24. The van der Waals surface area contributed by atoms with E-state index in [1.165, 1.54) is 0 Å². The fraction of sp³-hybridized carbons (Fsp3) is 1.00. The fourth-order valence-corrected chi connectivity index (χ4v) is 1.25. The quantitative estimate of drug-likeness (QED) is 0.743. The van der Waals surface area contributed by atoms with Gasteiger partial charge in [-0.25, -0.2) is 0 Å². The van der Waals surface area contributed by atoms with Crippen LogP contribution in [0.4, 0.5) is 13.2 Å². The first-order valence-corrected chi connectivity index (χ1v) is 4.42. The average Bonchev–Trinajstić information content (AvgIpc) is 2.50. The van der Waals surface area contributed by atoms with Gasteiger partial charge in [-0.3, -0.25) is 0 Å². The van der Waals surface area contributed by atoms with Crippen LogP contribution in [-0.2, 0) is 4.74 Å². The van der Waals surface area contributed by atoms with Gasteiger partial charge in [0.15, 0.2) is 6.10 Å². The maximum atomic E-state index is 12.0. The van der Waals surface area contributed by atoms with Crippen LogP contribution in [-0.4, -0.2) is 31.5 Å². The summed E-state index contributed by atoms with van der Waals surface area (Å²) < 4.78 is 40.6. The van der Waals surface area contributed by atoms with Crippen molar-refractivity contribution in [3.63, 3.8) is 0 Å². The average molecular weight is 197 g/mol. The summed E-state index contributed by atoms with van der Waals surface area (Å²) in [6, 6.07) is 0.102. The second-order valence-electron chi connectivity index (χ2n) is 3.31. The number of ether oxygens (including phenoxy) is 1. The lowest BCUT2D eigenvalue weighted by Crippen LogP contribution is -2.34.